The molecule has 1 aromatic heterocycles. The first-order valence-corrected chi connectivity index (χ1v) is 4.28. The second kappa shape index (κ2) is 4.03. The minimum atomic E-state index is -0.0527. The zero-order valence-electron chi connectivity index (χ0n) is 8.24. The van der Waals surface area contributed by atoms with Gasteiger partial charge in [0.15, 0.2) is 0 Å². The fraction of sp³-hybridized carbons (Fsp3) is 0.400. The van der Waals surface area contributed by atoms with E-state index < -0.39 is 0 Å². The van der Waals surface area contributed by atoms with Crippen LogP contribution in [0.4, 0.5) is 0 Å². The lowest BCUT2D eigenvalue weighted by Gasteiger charge is -2.01. The molecular weight excluding hydrogens is 164 g/mol. The first-order chi connectivity index (χ1) is 6.09. The van der Waals surface area contributed by atoms with Gasteiger partial charge in [0.05, 0.1) is 12.2 Å². The number of aromatic nitrogens is 2. The Labute approximate surface area is 77.7 Å². The summed E-state index contributed by atoms with van der Waals surface area (Å²) in [5.41, 5.74) is 2.00. The SMILES string of the molecule is CC(C)=CCn1nc(C)ccc1=O. The van der Waals surface area contributed by atoms with Gasteiger partial charge in [-0.15, -0.1) is 0 Å². The molecule has 0 aliphatic heterocycles. The number of hydrogen-bond donors (Lipinski definition) is 0. The van der Waals surface area contributed by atoms with Crippen molar-refractivity contribution in [3.8, 4) is 0 Å². The Balaban J connectivity index is 2.94. The highest BCUT2D eigenvalue weighted by molar-refractivity contribution is 4.99. The van der Waals surface area contributed by atoms with Gasteiger partial charge in [-0.1, -0.05) is 11.6 Å². The maximum atomic E-state index is 11.3. The van der Waals surface area contributed by atoms with Gasteiger partial charge in [-0.3, -0.25) is 4.79 Å². The van der Waals surface area contributed by atoms with Crippen LogP contribution in [0.2, 0.25) is 0 Å². The van der Waals surface area contributed by atoms with E-state index in [1.54, 1.807) is 12.1 Å². The van der Waals surface area contributed by atoms with Crippen LogP contribution >= 0.6 is 0 Å². The smallest absolute Gasteiger partial charge is 0.267 e. The maximum Gasteiger partial charge on any atom is 0.267 e. The predicted molar refractivity (Wildman–Crippen MR) is 52.7 cm³/mol. The molecule has 1 heterocycles. The van der Waals surface area contributed by atoms with E-state index in [1.165, 1.54) is 10.3 Å². The van der Waals surface area contributed by atoms with Crippen LogP contribution in [-0.4, -0.2) is 9.78 Å². The molecule has 0 atom stereocenters. The molecule has 0 unspecified atom stereocenters. The molecule has 0 spiro atoms. The molecule has 70 valence electrons. The standard InChI is InChI=1S/C10H14N2O/c1-8(2)6-7-12-10(13)5-4-9(3)11-12/h4-6H,7H2,1-3H3. The van der Waals surface area contributed by atoms with Gasteiger partial charge in [-0.25, -0.2) is 4.68 Å². The van der Waals surface area contributed by atoms with Crippen LogP contribution in [0.1, 0.15) is 19.5 Å². The molecule has 0 aliphatic rings. The molecule has 3 heteroatoms. The molecule has 0 aromatic carbocycles. The van der Waals surface area contributed by atoms with Gasteiger partial charge in [-0.05, 0) is 26.8 Å². The molecule has 0 aliphatic carbocycles. The van der Waals surface area contributed by atoms with Crippen LogP contribution in [-0.2, 0) is 6.54 Å². The van der Waals surface area contributed by atoms with Crippen molar-refractivity contribution < 1.29 is 0 Å². The van der Waals surface area contributed by atoms with E-state index in [0.29, 0.717) is 6.54 Å². The van der Waals surface area contributed by atoms with E-state index in [-0.39, 0.29) is 5.56 Å². The Kier molecular flexibility index (Phi) is 3.01. The quantitative estimate of drug-likeness (QED) is 0.643. The van der Waals surface area contributed by atoms with Gasteiger partial charge >= 0.3 is 0 Å². The van der Waals surface area contributed by atoms with Gasteiger partial charge < -0.3 is 0 Å². The van der Waals surface area contributed by atoms with Gasteiger partial charge in [-0.2, -0.15) is 5.10 Å². The van der Waals surface area contributed by atoms with E-state index in [1.807, 2.05) is 26.8 Å². The lowest BCUT2D eigenvalue weighted by molar-refractivity contribution is 0.638. The van der Waals surface area contributed by atoms with Crippen molar-refractivity contribution in [3.63, 3.8) is 0 Å². The van der Waals surface area contributed by atoms with Crippen LogP contribution < -0.4 is 5.56 Å². The van der Waals surface area contributed by atoms with Crippen molar-refractivity contribution in [2.75, 3.05) is 0 Å². The summed E-state index contributed by atoms with van der Waals surface area (Å²) in [4.78, 5) is 11.3. The Bertz CT molecular complexity index is 373. The normalized spacial score (nSPS) is 9.77. The third kappa shape index (κ3) is 2.86. The Morgan fingerprint density at radius 2 is 2.23 bits per heavy atom. The summed E-state index contributed by atoms with van der Waals surface area (Å²) in [6.07, 6.45) is 1.98. The Hall–Kier alpha value is -1.38. The molecule has 0 N–H and O–H groups in total. The summed E-state index contributed by atoms with van der Waals surface area (Å²) >= 11 is 0. The Morgan fingerprint density at radius 1 is 1.54 bits per heavy atom. The van der Waals surface area contributed by atoms with Crippen LogP contribution in [0.3, 0.4) is 0 Å². The number of nitrogens with zero attached hydrogens (tertiary/aromatic N) is 2. The molecule has 0 bridgehead atoms. The molecule has 0 radical (unpaired) electrons. The fourth-order valence-corrected chi connectivity index (χ4v) is 0.951. The second-order valence-corrected chi connectivity index (χ2v) is 3.28. The topological polar surface area (TPSA) is 34.9 Å². The summed E-state index contributed by atoms with van der Waals surface area (Å²) in [5, 5.41) is 4.10. The van der Waals surface area contributed by atoms with Crippen molar-refractivity contribution >= 4 is 0 Å². The zero-order chi connectivity index (χ0) is 9.84. The molecule has 1 aromatic rings. The predicted octanol–water partition coefficient (Wildman–Crippen LogP) is 1.52. The molecule has 0 saturated heterocycles. The minimum Gasteiger partial charge on any atom is -0.268 e. The highest BCUT2D eigenvalue weighted by Gasteiger charge is 1.94. The average Bonchev–Trinajstić information content (AvgIpc) is 2.06. The van der Waals surface area contributed by atoms with Crippen LogP contribution in [0.15, 0.2) is 28.6 Å². The van der Waals surface area contributed by atoms with Crippen LogP contribution in [0.5, 0.6) is 0 Å². The van der Waals surface area contributed by atoms with Crippen molar-refractivity contribution in [3.05, 3.63) is 39.8 Å². The molecule has 0 amide bonds. The molecule has 13 heavy (non-hydrogen) atoms. The van der Waals surface area contributed by atoms with Gasteiger partial charge in [0.2, 0.25) is 0 Å². The molecule has 1 rings (SSSR count). The highest BCUT2D eigenvalue weighted by atomic mass is 16.1. The first kappa shape index (κ1) is 9.71. The van der Waals surface area contributed by atoms with Crippen LogP contribution in [0.25, 0.3) is 0 Å². The largest absolute Gasteiger partial charge is 0.268 e. The summed E-state index contributed by atoms with van der Waals surface area (Å²) < 4.78 is 1.46. The molecular formula is C10H14N2O. The zero-order valence-corrected chi connectivity index (χ0v) is 8.24. The van der Waals surface area contributed by atoms with Crippen molar-refractivity contribution in [2.24, 2.45) is 0 Å². The van der Waals surface area contributed by atoms with E-state index in [9.17, 15) is 4.79 Å². The highest BCUT2D eigenvalue weighted by Crippen LogP contribution is 1.91. The lowest BCUT2D eigenvalue weighted by atomic mass is 10.3. The Morgan fingerprint density at radius 3 is 2.85 bits per heavy atom. The van der Waals surface area contributed by atoms with Crippen molar-refractivity contribution in [1.82, 2.24) is 9.78 Å². The maximum absolute atomic E-state index is 11.3. The molecule has 0 fully saturated rings. The summed E-state index contributed by atoms with van der Waals surface area (Å²) in [5.74, 6) is 0. The number of rotatable bonds is 2. The van der Waals surface area contributed by atoms with Crippen LogP contribution in [0, 0.1) is 6.92 Å². The molecule has 0 saturated carbocycles. The average molecular weight is 178 g/mol. The number of hydrogen-bond acceptors (Lipinski definition) is 2. The summed E-state index contributed by atoms with van der Waals surface area (Å²) in [6.45, 7) is 6.43. The summed E-state index contributed by atoms with van der Waals surface area (Å²) in [7, 11) is 0. The monoisotopic (exact) mass is 178 g/mol. The molecule has 3 nitrogen and oxygen atoms in total. The third-order valence-electron chi connectivity index (χ3n) is 1.67. The van der Waals surface area contributed by atoms with Gasteiger partial charge in [0, 0.05) is 6.07 Å². The van der Waals surface area contributed by atoms with Crippen molar-refractivity contribution in [2.45, 2.75) is 27.3 Å². The van der Waals surface area contributed by atoms with E-state index in [2.05, 4.69) is 5.10 Å². The number of aryl methyl sites for hydroxylation is 1. The summed E-state index contributed by atoms with van der Waals surface area (Å²) in [6, 6.07) is 3.27. The van der Waals surface area contributed by atoms with Gasteiger partial charge in [0.1, 0.15) is 0 Å². The van der Waals surface area contributed by atoms with E-state index >= 15 is 0 Å². The van der Waals surface area contributed by atoms with E-state index in [0.717, 1.165) is 5.69 Å². The fourth-order valence-electron chi connectivity index (χ4n) is 0.951. The lowest BCUT2D eigenvalue weighted by Crippen LogP contribution is -2.21. The van der Waals surface area contributed by atoms with Gasteiger partial charge in [0.25, 0.3) is 5.56 Å². The third-order valence-corrected chi connectivity index (χ3v) is 1.67. The first-order valence-electron chi connectivity index (χ1n) is 4.28. The van der Waals surface area contributed by atoms with Crippen molar-refractivity contribution in [1.29, 1.82) is 0 Å². The minimum absolute atomic E-state index is 0.0527. The number of allylic oxidation sites excluding steroid dienone is 2. The second-order valence-electron chi connectivity index (χ2n) is 3.28. The van der Waals surface area contributed by atoms with E-state index in [4.69, 9.17) is 0 Å².